The normalized spacial score (nSPS) is 10.0. The number of hydrogen-bond donors (Lipinski definition) is 1. The van der Waals surface area contributed by atoms with Crippen LogP contribution in [0.25, 0.3) is 0 Å². The van der Waals surface area contributed by atoms with Crippen molar-refractivity contribution in [2.24, 2.45) is 0 Å². The van der Waals surface area contributed by atoms with Gasteiger partial charge in [0.25, 0.3) is 0 Å². The summed E-state index contributed by atoms with van der Waals surface area (Å²) < 4.78 is 0. The lowest BCUT2D eigenvalue weighted by Crippen LogP contribution is -1.82. The number of carbonyl (C=O) groups is 1. The van der Waals surface area contributed by atoms with Gasteiger partial charge in [0.05, 0.1) is 0 Å². The van der Waals surface area contributed by atoms with Crippen molar-refractivity contribution >= 4 is 12.5 Å². The summed E-state index contributed by atoms with van der Waals surface area (Å²) in [6.45, 7) is 0. The summed E-state index contributed by atoms with van der Waals surface area (Å²) in [4.78, 5) is 10.0. The Morgan fingerprint density at radius 2 is 1.14 bits per heavy atom. The van der Waals surface area contributed by atoms with Crippen LogP contribution in [0.1, 0.15) is 64.2 Å². The maximum absolute atomic E-state index is 10.0. The molecular formula is C12H23NO. The van der Waals surface area contributed by atoms with Gasteiger partial charge in [0.15, 0.2) is 0 Å². The lowest BCUT2D eigenvalue weighted by Gasteiger charge is -1.99. The van der Waals surface area contributed by atoms with Crippen LogP contribution >= 0.6 is 0 Å². The summed E-state index contributed by atoms with van der Waals surface area (Å²) >= 11 is 0. The van der Waals surface area contributed by atoms with E-state index in [0.29, 0.717) is 0 Å². The van der Waals surface area contributed by atoms with Gasteiger partial charge < -0.3 is 10.2 Å². The first-order valence-corrected chi connectivity index (χ1v) is 5.84. The molecule has 1 N–H and O–H groups in total. The zero-order valence-electron chi connectivity index (χ0n) is 9.13. The van der Waals surface area contributed by atoms with Gasteiger partial charge in [-0.2, -0.15) is 0 Å². The SMILES string of the molecule is N=CCCCCCCCCCCC=O. The van der Waals surface area contributed by atoms with Crippen molar-refractivity contribution < 1.29 is 4.79 Å². The van der Waals surface area contributed by atoms with E-state index in [9.17, 15) is 4.79 Å². The van der Waals surface area contributed by atoms with E-state index in [1.165, 1.54) is 51.2 Å². The molecule has 0 aliphatic carbocycles. The fourth-order valence-electron chi connectivity index (χ4n) is 1.53. The van der Waals surface area contributed by atoms with Gasteiger partial charge in [0.2, 0.25) is 0 Å². The Hall–Kier alpha value is -0.660. The molecule has 0 amide bonds. The van der Waals surface area contributed by atoms with Crippen LogP contribution in [0.15, 0.2) is 0 Å². The van der Waals surface area contributed by atoms with E-state index in [2.05, 4.69) is 0 Å². The number of nitrogens with one attached hydrogen (secondary N) is 1. The molecule has 0 heterocycles. The van der Waals surface area contributed by atoms with Gasteiger partial charge in [0.1, 0.15) is 6.29 Å². The topological polar surface area (TPSA) is 40.9 Å². The molecular weight excluding hydrogens is 174 g/mol. The minimum Gasteiger partial charge on any atom is -0.313 e. The molecule has 82 valence electrons. The highest BCUT2D eigenvalue weighted by Gasteiger charge is 1.91. The fourth-order valence-corrected chi connectivity index (χ4v) is 1.53. The van der Waals surface area contributed by atoms with E-state index < -0.39 is 0 Å². The molecule has 0 aliphatic heterocycles. The second-order valence-corrected chi connectivity index (χ2v) is 3.78. The number of unbranched alkanes of at least 4 members (excludes halogenated alkanes) is 9. The van der Waals surface area contributed by atoms with Crippen molar-refractivity contribution in [3.05, 3.63) is 0 Å². The van der Waals surface area contributed by atoms with Crippen LogP contribution in [0, 0.1) is 5.41 Å². The van der Waals surface area contributed by atoms with Crippen molar-refractivity contribution in [2.75, 3.05) is 0 Å². The number of hydrogen-bond acceptors (Lipinski definition) is 2. The second-order valence-electron chi connectivity index (χ2n) is 3.78. The molecule has 0 aromatic rings. The Bertz CT molecular complexity index is 118. The van der Waals surface area contributed by atoms with Gasteiger partial charge in [-0.15, -0.1) is 0 Å². The van der Waals surface area contributed by atoms with Crippen molar-refractivity contribution in [2.45, 2.75) is 64.2 Å². The number of rotatable bonds is 11. The lowest BCUT2D eigenvalue weighted by molar-refractivity contribution is -0.107. The second kappa shape index (κ2) is 12.3. The van der Waals surface area contributed by atoms with Crippen molar-refractivity contribution in [1.82, 2.24) is 0 Å². The maximum Gasteiger partial charge on any atom is 0.119 e. The Balaban J connectivity index is 2.84. The van der Waals surface area contributed by atoms with E-state index >= 15 is 0 Å². The molecule has 2 nitrogen and oxygen atoms in total. The standard InChI is InChI=1S/C12H23NO/c13-11-9-7-5-3-1-2-4-6-8-10-12-14/h11-13H,1-10H2. The molecule has 0 saturated heterocycles. The highest BCUT2D eigenvalue weighted by Crippen LogP contribution is 2.09. The third-order valence-electron chi connectivity index (χ3n) is 2.42. The minimum atomic E-state index is 0.735. The summed E-state index contributed by atoms with van der Waals surface area (Å²) in [6.07, 6.45) is 14.1. The first kappa shape index (κ1) is 13.3. The molecule has 0 radical (unpaired) electrons. The zero-order chi connectivity index (χ0) is 10.5. The Labute approximate surface area is 87.6 Å². The van der Waals surface area contributed by atoms with E-state index in [4.69, 9.17) is 5.41 Å². The molecule has 0 spiro atoms. The van der Waals surface area contributed by atoms with Crippen molar-refractivity contribution in [3.63, 3.8) is 0 Å². The van der Waals surface area contributed by atoms with Crippen LogP contribution in [-0.2, 0) is 4.79 Å². The third-order valence-corrected chi connectivity index (χ3v) is 2.42. The molecule has 0 aromatic heterocycles. The summed E-state index contributed by atoms with van der Waals surface area (Å²) in [6, 6.07) is 0. The van der Waals surface area contributed by atoms with Crippen LogP contribution < -0.4 is 0 Å². The molecule has 0 saturated carbocycles. The van der Waals surface area contributed by atoms with Gasteiger partial charge >= 0.3 is 0 Å². The van der Waals surface area contributed by atoms with Crippen LogP contribution in [-0.4, -0.2) is 12.5 Å². The first-order chi connectivity index (χ1) is 6.91. The van der Waals surface area contributed by atoms with Gasteiger partial charge in [-0.05, 0) is 25.5 Å². The van der Waals surface area contributed by atoms with Crippen molar-refractivity contribution in [3.8, 4) is 0 Å². The largest absolute Gasteiger partial charge is 0.313 e. The molecule has 0 atom stereocenters. The Morgan fingerprint density at radius 3 is 1.57 bits per heavy atom. The molecule has 0 aromatic carbocycles. The smallest absolute Gasteiger partial charge is 0.119 e. The lowest BCUT2D eigenvalue weighted by atomic mass is 10.1. The van der Waals surface area contributed by atoms with Gasteiger partial charge in [-0.3, -0.25) is 0 Å². The molecule has 0 rings (SSSR count). The van der Waals surface area contributed by atoms with E-state index in [0.717, 1.165) is 25.5 Å². The summed E-state index contributed by atoms with van der Waals surface area (Å²) in [5.41, 5.74) is 0. The van der Waals surface area contributed by atoms with E-state index in [1.807, 2.05) is 0 Å². The van der Waals surface area contributed by atoms with Gasteiger partial charge in [-0.25, -0.2) is 0 Å². The first-order valence-electron chi connectivity index (χ1n) is 5.84. The van der Waals surface area contributed by atoms with E-state index in [-0.39, 0.29) is 0 Å². The van der Waals surface area contributed by atoms with Crippen LogP contribution in [0.4, 0.5) is 0 Å². The van der Waals surface area contributed by atoms with Gasteiger partial charge in [0, 0.05) is 6.42 Å². The summed E-state index contributed by atoms with van der Waals surface area (Å²) in [7, 11) is 0. The van der Waals surface area contributed by atoms with Gasteiger partial charge in [-0.1, -0.05) is 38.5 Å². The highest BCUT2D eigenvalue weighted by atomic mass is 16.1. The third kappa shape index (κ3) is 11.3. The average molecular weight is 197 g/mol. The molecule has 0 unspecified atom stereocenters. The maximum atomic E-state index is 10.0. The van der Waals surface area contributed by atoms with E-state index in [1.54, 1.807) is 0 Å². The quantitative estimate of drug-likeness (QED) is 0.306. The highest BCUT2D eigenvalue weighted by molar-refractivity contribution is 5.52. The van der Waals surface area contributed by atoms with Crippen molar-refractivity contribution in [1.29, 1.82) is 5.41 Å². The Morgan fingerprint density at radius 1 is 0.714 bits per heavy atom. The molecule has 0 fully saturated rings. The minimum absolute atomic E-state index is 0.735. The van der Waals surface area contributed by atoms with Crippen LogP contribution in [0.2, 0.25) is 0 Å². The van der Waals surface area contributed by atoms with Crippen LogP contribution in [0.5, 0.6) is 0 Å². The number of aldehydes is 1. The Kier molecular flexibility index (Phi) is 11.8. The predicted molar refractivity (Wildman–Crippen MR) is 61.0 cm³/mol. The van der Waals surface area contributed by atoms with Crippen LogP contribution in [0.3, 0.4) is 0 Å². The average Bonchev–Trinajstić information content (AvgIpc) is 2.21. The number of carbonyl (C=O) groups excluding carboxylic acids is 1. The molecule has 14 heavy (non-hydrogen) atoms. The summed E-state index contributed by atoms with van der Waals surface area (Å²) in [5, 5.41) is 6.86. The zero-order valence-corrected chi connectivity index (χ0v) is 9.13. The monoisotopic (exact) mass is 197 g/mol. The summed E-state index contributed by atoms with van der Waals surface area (Å²) in [5.74, 6) is 0. The fraction of sp³-hybridized carbons (Fsp3) is 0.833. The molecule has 2 heteroatoms. The molecule has 0 aliphatic rings. The molecule has 0 bridgehead atoms. The predicted octanol–water partition coefficient (Wildman–Crippen LogP) is 3.74.